The van der Waals surface area contributed by atoms with E-state index in [-0.39, 0.29) is 0 Å². The van der Waals surface area contributed by atoms with E-state index in [1.165, 1.54) is 10.6 Å². The van der Waals surface area contributed by atoms with Crippen LogP contribution in [-0.4, -0.2) is 20.4 Å². The van der Waals surface area contributed by atoms with Gasteiger partial charge in [0, 0.05) is 31.0 Å². The molecule has 6 nitrogen and oxygen atoms in total. The molecular formula is C24H22N3O3S-. The SMILES string of the molecule is CN(OS(=O)[O-])c1cccc(-n2ccc(NCc3ccccc3)c2-c2ccccc2)c1. The largest absolute Gasteiger partial charge is 0.748 e. The van der Waals surface area contributed by atoms with Crippen LogP contribution in [0, 0.1) is 0 Å². The van der Waals surface area contributed by atoms with Gasteiger partial charge < -0.3 is 14.4 Å². The summed E-state index contributed by atoms with van der Waals surface area (Å²) in [6, 6.07) is 29.9. The molecule has 1 atom stereocenters. The highest BCUT2D eigenvalue weighted by molar-refractivity contribution is 7.74. The number of rotatable bonds is 8. The summed E-state index contributed by atoms with van der Waals surface area (Å²) in [6.07, 6.45) is 2.00. The molecule has 0 aliphatic rings. The molecule has 0 spiro atoms. The number of hydroxylamine groups is 1. The first-order valence-corrected chi connectivity index (χ1v) is 10.8. The minimum Gasteiger partial charge on any atom is -0.748 e. The van der Waals surface area contributed by atoms with Crippen LogP contribution < -0.4 is 10.4 Å². The normalized spacial score (nSPS) is 11.8. The van der Waals surface area contributed by atoms with E-state index in [1.54, 1.807) is 13.1 Å². The van der Waals surface area contributed by atoms with Gasteiger partial charge in [-0.3, -0.25) is 0 Å². The van der Waals surface area contributed by atoms with E-state index in [1.807, 2.05) is 66.9 Å². The van der Waals surface area contributed by atoms with Crippen LogP contribution in [0.5, 0.6) is 0 Å². The van der Waals surface area contributed by atoms with E-state index in [4.69, 9.17) is 4.28 Å². The van der Waals surface area contributed by atoms with Crippen LogP contribution in [0.3, 0.4) is 0 Å². The summed E-state index contributed by atoms with van der Waals surface area (Å²) in [4.78, 5) is 0. The topological polar surface area (TPSA) is 69.6 Å². The van der Waals surface area contributed by atoms with Crippen LogP contribution in [0.4, 0.5) is 11.4 Å². The molecule has 4 rings (SSSR count). The summed E-state index contributed by atoms with van der Waals surface area (Å²) in [6.45, 7) is 0.705. The van der Waals surface area contributed by atoms with Gasteiger partial charge >= 0.3 is 0 Å². The Balaban J connectivity index is 1.71. The number of hydrogen-bond acceptors (Lipinski definition) is 5. The van der Waals surface area contributed by atoms with Crippen molar-refractivity contribution in [3.05, 3.63) is 103 Å². The van der Waals surface area contributed by atoms with Gasteiger partial charge in [0.15, 0.2) is 0 Å². The second kappa shape index (κ2) is 9.61. The summed E-state index contributed by atoms with van der Waals surface area (Å²) in [5, 5.41) is 4.76. The Hall–Kier alpha value is -3.39. The molecular weight excluding hydrogens is 410 g/mol. The highest BCUT2D eigenvalue weighted by Gasteiger charge is 2.14. The van der Waals surface area contributed by atoms with E-state index < -0.39 is 11.4 Å². The van der Waals surface area contributed by atoms with Crippen molar-refractivity contribution in [3.8, 4) is 16.9 Å². The molecule has 0 aliphatic heterocycles. The third kappa shape index (κ3) is 5.03. The molecule has 158 valence electrons. The molecule has 0 saturated heterocycles. The molecule has 31 heavy (non-hydrogen) atoms. The smallest absolute Gasteiger partial charge is 0.112 e. The van der Waals surface area contributed by atoms with Crippen molar-refractivity contribution in [1.82, 2.24) is 4.57 Å². The molecule has 1 heterocycles. The van der Waals surface area contributed by atoms with Crippen molar-refractivity contribution in [2.75, 3.05) is 17.4 Å². The molecule has 0 saturated carbocycles. The summed E-state index contributed by atoms with van der Waals surface area (Å²) in [5.41, 5.74) is 5.79. The molecule has 0 bridgehead atoms. The lowest BCUT2D eigenvalue weighted by atomic mass is 10.1. The molecule has 0 radical (unpaired) electrons. The number of hydrogen-bond donors (Lipinski definition) is 1. The minimum absolute atomic E-state index is 0.619. The first-order valence-electron chi connectivity index (χ1n) is 9.78. The van der Waals surface area contributed by atoms with Gasteiger partial charge in [-0.1, -0.05) is 66.7 Å². The molecule has 0 aliphatic carbocycles. The van der Waals surface area contributed by atoms with E-state index in [0.717, 1.165) is 22.6 Å². The van der Waals surface area contributed by atoms with Crippen molar-refractivity contribution in [2.24, 2.45) is 0 Å². The lowest BCUT2D eigenvalue weighted by Crippen LogP contribution is -2.19. The Kier molecular flexibility index (Phi) is 6.47. The molecule has 4 aromatic rings. The summed E-state index contributed by atoms with van der Waals surface area (Å²) >= 11 is -2.64. The highest BCUT2D eigenvalue weighted by Crippen LogP contribution is 2.33. The van der Waals surface area contributed by atoms with E-state index >= 15 is 0 Å². The molecule has 3 aromatic carbocycles. The van der Waals surface area contributed by atoms with Crippen LogP contribution in [0.2, 0.25) is 0 Å². The zero-order valence-electron chi connectivity index (χ0n) is 17.0. The van der Waals surface area contributed by atoms with Gasteiger partial charge in [0.1, 0.15) is 11.4 Å². The fraction of sp³-hybridized carbons (Fsp3) is 0.0833. The van der Waals surface area contributed by atoms with E-state index in [0.29, 0.717) is 12.2 Å². The maximum absolute atomic E-state index is 10.9. The van der Waals surface area contributed by atoms with Gasteiger partial charge in [-0.25, -0.2) is 9.27 Å². The molecule has 1 N–H and O–H groups in total. The lowest BCUT2D eigenvalue weighted by molar-refractivity contribution is 0.289. The van der Waals surface area contributed by atoms with Crippen LogP contribution in [0.15, 0.2) is 97.2 Å². The summed E-state index contributed by atoms with van der Waals surface area (Å²) in [7, 11) is 1.55. The van der Waals surface area contributed by atoms with Crippen molar-refractivity contribution >= 4 is 22.7 Å². The van der Waals surface area contributed by atoms with Crippen molar-refractivity contribution in [3.63, 3.8) is 0 Å². The van der Waals surface area contributed by atoms with Crippen molar-refractivity contribution < 1.29 is 13.0 Å². The molecule has 0 fully saturated rings. The Morgan fingerprint density at radius 2 is 1.68 bits per heavy atom. The van der Waals surface area contributed by atoms with Crippen LogP contribution in [0.25, 0.3) is 16.9 Å². The van der Waals surface area contributed by atoms with Crippen LogP contribution >= 0.6 is 0 Å². The first-order chi connectivity index (χ1) is 15.1. The van der Waals surface area contributed by atoms with E-state index in [2.05, 4.69) is 34.1 Å². The predicted octanol–water partition coefficient (Wildman–Crippen LogP) is 4.92. The van der Waals surface area contributed by atoms with Gasteiger partial charge in [-0.15, -0.1) is 0 Å². The number of benzene rings is 3. The average molecular weight is 433 g/mol. The molecule has 0 amide bonds. The Bertz CT molecular complexity index is 1160. The van der Waals surface area contributed by atoms with Gasteiger partial charge in [0.05, 0.1) is 17.1 Å². The Morgan fingerprint density at radius 3 is 2.39 bits per heavy atom. The second-order valence-electron chi connectivity index (χ2n) is 6.95. The van der Waals surface area contributed by atoms with Crippen LogP contribution in [0.1, 0.15) is 5.56 Å². The maximum atomic E-state index is 10.9. The van der Waals surface area contributed by atoms with Crippen molar-refractivity contribution in [1.29, 1.82) is 0 Å². The lowest BCUT2D eigenvalue weighted by Gasteiger charge is -2.20. The monoisotopic (exact) mass is 432 g/mol. The molecule has 7 heteroatoms. The van der Waals surface area contributed by atoms with E-state index in [9.17, 15) is 8.76 Å². The van der Waals surface area contributed by atoms with Gasteiger partial charge in [-0.05, 0) is 29.8 Å². The summed E-state index contributed by atoms with van der Waals surface area (Å²) in [5.74, 6) is 0. The highest BCUT2D eigenvalue weighted by atomic mass is 32.2. The molecule has 1 unspecified atom stereocenters. The minimum atomic E-state index is -2.64. The standard InChI is InChI=1S/C24H23N3O3S/c1-26(30-31(28)29)21-13-8-14-22(17-21)27-16-15-23(24(27)20-11-6-3-7-12-20)25-18-19-9-4-2-5-10-19/h2-17,25H,18H2,1H3,(H,28,29)/p-1. The van der Waals surface area contributed by atoms with Gasteiger partial charge in [0.25, 0.3) is 0 Å². The summed E-state index contributed by atoms with van der Waals surface area (Å²) < 4.78 is 28.6. The van der Waals surface area contributed by atoms with Gasteiger partial charge in [0.2, 0.25) is 0 Å². The predicted molar refractivity (Wildman–Crippen MR) is 123 cm³/mol. The Morgan fingerprint density at radius 1 is 0.968 bits per heavy atom. The quantitative estimate of drug-likeness (QED) is 0.316. The zero-order chi connectivity index (χ0) is 21.6. The average Bonchev–Trinajstić information content (AvgIpc) is 3.22. The third-order valence-electron chi connectivity index (χ3n) is 4.90. The Labute approximate surface area is 184 Å². The van der Waals surface area contributed by atoms with Crippen molar-refractivity contribution in [2.45, 2.75) is 6.54 Å². The van der Waals surface area contributed by atoms with Crippen LogP contribution in [-0.2, 0) is 22.2 Å². The maximum Gasteiger partial charge on any atom is 0.112 e. The fourth-order valence-electron chi connectivity index (χ4n) is 3.45. The fourth-order valence-corrected chi connectivity index (χ4v) is 3.72. The number of aromatic nitrogens is 1. The number of nitrogens with one attached hydrogen (secondary N) is 1. The second-order valence-corrected chi connectivity index (χ2v) is 7.51. The first kappa shape index (κ1) is 20.9. The third-order valence-corrected chi connectivity index (χ3v) is 5.25. The molecule has 1 aromatic heterocycles. The zero-order valence-corrected chi connectivity index (χ0v) is 17.8. The van der Waals surface area contributed by atoms with Gasteiger partial charge in [-0.2, -0.15) is 4.28 Å². The number of nitrogens with zero attached hydrogens (tertiary/aromatic N) is 2. The number of anilines is 2.